The summed E-state index contributed by atoms with van der Waals surface area (Å²) in [6, 6.07) is 10.0. The van der Waals surface area contributed by atoms with Gasteiger partial charge in [0.25, 0.3) is 0 Å². The lowest BCUT2D eigenvalue weighted by atomic mass is 9.78. The third-order valence-electron chi connectivity index (χ3n) is 6.39. The van der Waals surface area contributed by atoms with Gasteiger partial charge in [0.2, 0.25) is 5.75 Å². The molecule has 178 valence electrons. The van der Waals surface area contributed by atoms with Gasteiger partial charge in [-0.1, -0.05) is 6.92 Å². The number of benzene rings is 2. The van der Waals surface area contributed by atoms with E-state index in [1.54, 1.807) is 35.5 Å². The van der Waals surface area contributed by atoms with Gasteiger partial charge in [0, 0.05) is 13.0 Å². The minimum Gasteiger partial charge on any atom is -0.493 e. The van der Waals surface area contributed by atoms with Crippen molar-refractivity contribution in [2.45, 2.75) is 44.1 Å². The molecule has 2 unspecified atom stereocenters. The van der Waals surface area contributed by atoms with Crippen molar-refractivity contribution in [2.75, 3.05) is 42.2 Å². The molecule has 0 radical (unpaired) electrons. The Labute approximate surface area is 196 Å². The number of nitrogens with zero attached hydrogens (tertiary/aromatic N) is 1. The highest BCUT2D eigenvalue weighted by molar-refractivity contribution is 5.58. The summed E-state index contributed by atoms with van der Waals surface area (Å²) in [5.41, 5.74) is 1.74. The monoisotopic (exact) mass is 455 g/mol. The van der Waals surface area contributed by atoms with E-state index in [1.807, 2.05) is 31.2 Å². The normalized spacial score (nSPS) is 19.6. The first kappa shape index (κ1) is 24.5. The zero-order valence-corrected chi connectivity index (χ0v) is 20.3. The first-order valence-corrected chi connectivity index (χ1v) is 11.1. The minimum atomic E-state index is -0.629. The lowest BCUT2D eigenvalue weighted by Crippen LogP contribution is -2.31. The fourth-order valence-electron chi connectivity index (χ4n) is 4.86. The Balaban J connectivity index is 2.16. The summed E-state index contributed by atoms with van der Waals surface area (Å²) in [5, 5.41) is 9.84. The van der Waals surface area contributed by atoms with Gasteiger partial charge in [-0.2, -0.15) is 5.26 Å². The van der Waals surface area contributed by atoms with E-state index in [9.17, 15) is 5.26 Å². The van der Waals surface area contributed by atoms with Gasteiger partial charge in [-0.3, -0.25) is 0 Å². The smallest absolute Gasteiger partial charge is 0.203 e. The third-order valence-corrected chi connectivity index (χ3v) is 6.39. The van der Waals surface area contributed by atoms with Crippen LogP contribution in [-0.4, -0.2) is 42.2 Å². The van der Waals surface area contributed by atoms with Gasteiger partial charge in [-0.15, -0.1) is 0 Å². The van der Waals surface area contributed by atoms with Crippen LogP contribution in [-0.2, 0) is 10.3 Å². The van der Waals surface area contributed by atoms with Crippen LogP contribution in [0.25, 0.3) is 0 Å². The maximum Gasteiger partial charge on any atom is 0.203 e. The summed E-state index contributed by atoms with van der Waals surface area (Å²) < 4.78 is 34.4. The van der Waals surface area contributed by atoms with Crippen LogP contribution in [0.2, 0.25) is 0 Å². The van der Waals surface area contributed by atoms with E-state index in [-0.39, 0.29) is 5.92 Å². The van der Waals surface area contributed by atoms with Gasteiger partial charge in [0.1, 0.15) is 6.07 Å². The Morgan fingerprint density at radius 3 is 2.06 bits per heavy atom. The molecule has 1 aliphatic carbocycles. The van der Waals surface area contributed by atoms with Crippen LogP contribution >= 0.6 is 0 Å². The molecule has 0 N–H and O–H groups in total. The molecule has 2 aromatic rings. The molecule has 0 heterocycles. The van der Waals surface area contributed by atoms with E-state index in [1.165, 1.54) is 0 Å². The van der Waals surface area contributed by atoms with Crippen LogP contribution in [0.1, 0.15) is 55.2 Å². The Morgan fingerprint density at radius 2 is 1.55 bits per heavy atom. The first-order chi connectivity index (χ1) is 16.0. The molecule has 0 amide bonds. The topological polar surface area (TPSA) is 79.2 Å². The van der Waals surface area contributed by atoms with Crippen molar-refractivity contribution in [1.29, 1.82) is 5.26 Å². The molecule has 3 rings (SSSR count). The summed E-state index contributed by atoms with van der Waals surface area (Å²) in [5.74, 6) is 2.72. The minimum absolute atomic E-state index is 0.00784. The van der Waals surface area contributed by atoms with Crippen molar-refractivity contribution in [3.63, 3.8) is 0 Å². The highest BCUT2D eigenvalue weighted by Gasteiger charge is 2.46. The molecule has 0 aromatic heterocycles. The van der Waals surface area contributed by atoms with Gasteiger partial charge in [0.15, 0.2) is 23.0 Å². The van der Waals surface area contributed by atoms with Crippen LogP contribution in [0.5, 0.6) is 28.7 Å². The molecule has 0 aliphatic heterocycles. The second-order valence-corrected chi connectivity index (χ2v) is 8.01. The SMILES string of the molecule is CCCOc1c(C#N)cc(C2CCCC2(OC)c2cc(OC)c(OC)c(OC)c2)cc1OC. The maximum absolute atomic E-state index is 9.84. The van der Waals surface area contributed by atoms with Crippen molar-refractivity contribution in [2.24, 2.45) is 0 Å². The van der Waals surface area contributed by atoms with Crippen molar-refractivity contribution >= 4 is 0 Å². The van der Waals surface area contributed by atoms with E-state index in [0.717, 1.165) is 36.8 Å². The van der Waals surface area contributed by atoms with Crippen LogP contribution in [0.4, 0.5) is 0 Å². The second kappa shape index (κ2) is 10.7. The van der Waals surface area contributed by atoms with E-state index in [2.05, 4.69) is 6.07 Å². The molecule has 1 saturated carbocycles. The molecule has 7 nitrogen and oxygen atoms in total. The van der Waals surface area contributed by atoms with E-state index < -0.39 is 5.60 Å². The fraction of sp³-hybridized carbons (Fsp3) is 0.500. The quantitative estimate of drug-likeness (QED) is 0.488. The van der Waals surface area contributed by atoms with Crippen LogP contribution in [0.15, 0.2) is 24.3 Å². The standard InChI is InChI=1S/C26H33NO6/c1-7-11-33-24-18(16-27)12-17(13-21(24)28-2)20-9-8-10-26(20,32-6)19-14-22(29-3)25(31-5)23(15-19)30-4/h12-15,20H,7-11H2,1-6H3. The molecule has 2 atom stereocenters. The van der Waals surface area contributed by atoms with Crippen molar-refractivity contribution in [3.05, 3.63) is 41.0 Å². The van der Waals surface area contributed by atoms with Crippen molar-refractivity contribution in [3.8, 4) is 34.8 Å². The second-order valence-electron chi connectivity index (χ2n) is 8.01. The molecule has 0 bridgehead atoms. The predicted octanol–water partition coefficient (Wildman–Crippen LogP) is 5.19. The average Bonchev–Trinajstić information content (AvgIpc) is 3.31. The van der Waals surface area contributed by atoms with E-state index >= 15 is 0 Å². The summed E-state index contributed by atoms with van der Waals surface area (Å²) in [4.78, 5) is 0. The number of hydrogen-bond donors (Lipinski definition) is 0. The lowest BCUT2D eigenvalue weighted by molar-refractivity contribution is -0.0242. The highest BCUT2D eigenvalue weighted by Crippen LogP contribution is 2.55. The van der Waals surface area contributed by atoms with Gasteiger partial charge in [-0.25, -0.2) is 0 Å². The molecular weight excluding hydrogens is 422 g/mol. The molecule has 0 saturated heterocycles. The van der Waals surface area contributed by atoms with Crippen LogP contribution < -0.4 is 23.7 Å². The summed E-state index contributed by atoms with van der Waals surface area (Å²) in [7, 11) is 8.11. The zero-order valence-electron chi connectivity index (χ0n) is 20.3. The Bertz CT molecular complexity index is 990. The van der Waals surface area contributed by atoms with Crippen LogP contribution in [0.3, 0.4) is 0 Å². The Kier molecular flexibility index (Phi) is 7.93. The van der Waals surface area contributed by atoms with E-state index in [4.69, 9.17) is 28.4 Å². The third kappa shape index (κ3) is 4.40. The summed E-state index contributed by atoms with van der Waals surface area (Å²) in [6.45, 7) is 2.54. The number of methoxy groups -OCH3 is 5. The maximum atomic E-state index is 9.84. The van der Waals surface area contributed by atoms with Crippen LogP contribution in [0, 0.1) is 11.3 Å². The molecule has 0 spiro atoms. The zero-order chi connectivity index (χ0) is 24.0. The summed E-state index contributed by atoms with van der Waals surface area (Å²) in [6.07, 6.45) is 3.51. The number of rotatable bonds is 10. The van der Waals surface area contributed by atoms with Gasteiger partial charge in [0.05, 0.1) is 46.2 Å². The number of ether oxygens (including phenoxy) is 6. The van der Waals surface area contributed by atoms with E-state index in [0.29, 0.717) is 40.9 Å². The Morgan fingerprint density at radius 1 is 0.909 bits per heavy atom. The highest BCUT2D eigenvalue weighted by atomic mass is 16.5. The van der Waals surface area contributed by atoms with Gasteiger partial charge < -0.3 is 28.4 Å². The number of hydrogen-bond acceptors (Lipinski definition) is 7. The molecule has 33 heavy (non-hydrogen) atoms. The molecular formula is C26H33NO6. The number of nitriles is 1. The predicted molar refractivity (Wildman–Crippen MR) is 125 cm³/mol. The van der Waals surface area contributed by atoms with Crippen molar-refractivity contribution in [1.82, 2.24) is 0 Å². The van der Waals surface area contributed by atoms with Gasteiger partial charge in [-0.05, 0) is 61.1 Å². The summed E-state index contributed by atoms with van der Waals surface area (Å²) >= 11 is 0. The molecule has 1 aliphatic rings. The molecule has 1 fully saturated rings. The fourth-order valence-corrected chi connectivity index (χ4v) is 4.86. The lowest BCUT2D eigenvalue weighted by Gasteiger charge is -2.36. The largest absolute Gasteiger partial charge is 0.493 e. The molecule has 7 heteroatoms. The first-order valence-electron chi connectivity index (χ1n) is 11.1. The average molecular weight is 456 g/mol. The Hall–Kier alpha value is -3.11. The van der Waals surface area contributed by atoms with Crippen molar-refractivity contribution < 1.29 is 28.4 Å². The van der Waals surface area contributed by atoms with Gasteiger partial charge >= 0.3 is 0 Å². The molecule has 2 aromatic carbocycles.